The number of carbonyl (C=O) groups excluding carboxylic acids is 1. The number of anilines is 2. The van der Waals surface area contributed by atoms with Crippen LogP contribution in [0.15, 0.2) is 47.0 Å². The molecule has 3 rings (SSSR count). The Kier molecular flexibility index (Phi) is 10.9. The van der Waals surface area contributed by atoms with Crippen LogP contribution < -0.4 is 5.32 Å². The van der Waals surface area contributed by atoms with Crippen LogP contribution in [0.2, 0.25) is 10.0 Å². The molecular formula is C24H29Cl2N3O2S2. The van der Waals surface area contributed by atoms with Crippen LogP contribution in [0.3, 0.4) is 0 Å². The van der Waals surface area contributed by atoms with Crippen LogP contribution in [-0.4, -0.2) is 34.7 Å². The van der Waals surface area contributed by atoms with E-state index in [9.17, 15) is 9.70 Å². The van der Waals surface area contributed by atoms with Crippen molar-refractivity contribution in [2.24, 2.45) is 10.5 Å². The molecule has 1 atom stereocenters. The van der Waals surface area contributed by atoms with Crippen molar-refractivity contribution in [2.45, 2.75) is 43.9 Å². The van der Waals surface area contributed by atoms with Crippen molar-refractivity contribution < 1.29 is 4.79 Å². The van der Waals surface area contributed by atoms with E-state index in [2.05, 4.69) is 14.8 Å². The average Bonchev–Trinajstić information content (AvgIpc) is 2.81. The van der Waals surface area contributed by atoms with Crippen molar-refractivity contribution in [3.05, 3.63) is 63.0 Å². The van der Waals surface area contributed by atoms with E-state index in [1.165, 1.54) is 31.0 Å². The molecule has 1 N–H and O–H groups in total. The maximum Gasteiger partial charge on any atom is 0.193 e. The predicted molar refractivity (Wildman–Crippen MR) is 144 cm³/mol. The summed E-state index contributed by atoms with van der Waals surface area (Å²) in [6.07, 6.45) is 6.29. The van der Waals surface area contributed by atoms with Gasteiger partial charge in [0.1, 0.15) is 0 Å². The fourth-order valence-electron chi connectivity index (χ4n) is 4.18. The summed E-state index contributed by atoms with van der Waals surface area (Å²) in [6, 6.07) is 13.0. The molecule has 0 spiro atoms. The highest BCUT2D eigenvalue weighted by atomic mass is 35.5. The summed E-state index contributed by atoms with van der Waals surface area (Å²) in [4.78, 5) is 25.9. The lowest BCUT2D eigenvalue weighted by Crippen LogP contribution is -2.37. The summed E-state index contributed by atoms with van der Waals surface area (Å²) in [5.41, 5.74) is 2.33. The number of para-hydroxylation sites is 2. The van der Waals surface area contributed by atoms with Crippen LogP contribution >= 0.6 is 46.9 Å². The number of nitrogens with zero attached hydrogens (tertiary/aromatic N) is 2. The minimum atomic E-state index is 0.0868. The van der Waals surface area contributed by atoms with Crippen LogP contribution in [-0.2, 0) is 11.2 Å². The van der Waals surface area contributed by atoms with E-state index < -0.39 is 0 Å². The molecule has 2 aromatic carbocycles. The first-order chi connectivity index (χ1) is 16.0. The number of benzene rings is 2. The van der Waals surface area contributed by atoms with Crippen LogP contribution in [0.25, 0.3) is 0 Å². The Morgan fingerprint density at radius 2 is 1.82 bits per heavy atom. The fraction of sp³-hybridized carbons (Fsp3) is 0.458. The highest BCUT2D eigenvalue weighted by Gasteiger charge is 2.28. The molecule has 1 unspecified atom stereocenters. The first-order valence-electron chi connectivity index (χ1n) is 11.1. The SMILES string of the molecule is CN(CCSC(=O)Cc1ccccc1Nc1c(Cl)cccc1Cl)C(SN=O)C1CCCCC1. The third kappa shape index (κ3) is 7.89. The molecule has 33 heavy (non-hydrogen) atoms. The highest BCUT2D eigenvalue weighted by molar-refractivity contribution is 8.13. The van der Waals surface area contributed by atoms with E-state index in [1.54, 1.807) is 18.2 Å². The summed E-state index contributed by atoms with van der Waals surface area (Å²) in [7, 11) is 2.02. The van der Waals surface area contributed by atoms with E-state index in [0.717, 1.165) is 42.6 Å². The molecule has 0 saturated heterocycles. The van der Waals surface area contributed by atoms with Gasteiger partial charge in [-0.1, -0.05) is 78.5 Å². The first kappa shape index (κ1) is 26.4. The van der Waals surface area contributed by atoms with E-state index in [4.69, 9.17) is 23.2 Å². The molecule has 1 aliphatic carbocycles. The lowest BCUT2D eigenvalue weighted by atomic mass is 9.89. The van der Waals surface area contributed by atoms with Gasteiger partial charge in [-0.3, -0.25) is 9.69 Å². The average molecular weight is 527 g/mol. The molecule has 0 radical (unpaired) electrons. The lowest BCUT2D eigenvalue weighted by molar-refractivity contribution is -0.110. The van der Waals surface area contributed by atoms with Crippen LogP contribution in [0.1, 0.15) is 37.7 Å². The monoisotopic (exact) mass is 525 g/mol. The van der Waals surface area contributed by atoms with Crippen molar-refractivity contribution in [1.82, 2.24) is 4.90 Å². The lowest BCUT2D eigenvalue weighted by Gasteiger charge is -2.34. The topological polar surface area (TPSA) is 61.8 Å². The minimum absolute atomic E-state index is 0.0868. The number of carbonyl (C=O) groups is 1. The van der Waals surface area contributed by atoms with Gasteiger partial charge in [0.05, 0.1) is 21.1 Å². The second-order valence-electron chi connectivity index (χ2n) is 8.23. The van der Waals surface area contributed by atoms with E-state index in [1.807, 2.05) is 31.3 Å². The van der Waals surface area contributed by atoms with Gasteiger partial charge in [0.2, 0.25) is 0 Å². The van der Waals surface area contributed by atoms with E-state index in [-0.39, 0.29) is 10.5 Å². The third-order valence-electron chi connectivity index (χ3n) is 5.92. The zero-order valence-electron chi connectivity index (χ0n) is 18.6. The van der Waals surface area contributed by atoms with Gasteiger partial charge in [-0.2, -0.15) is 0 Å². The Morgan fingerprint density at radius 3 is 2.52 bits per heavy atom. The van der Waals surface area contributed by atoms with Crippen molar-refractivity contribution >= 4 is 63.4 Å². The van der Waals surface area contributed by atoms with Crippen LogP contribution in [0.5, 0.6) is 0 Å². The number of nitroso groups, excluding NO2 is 1. The van der Waals surface area contributed by atoms with Gasteiger partial charge < -0.3 is 5.32 Å². The molecule has 0 heterocycles. The molecule has 0 amide bonds. The second-order valence-corrected chi connectivity index (χ2v) is 11.0. The second kappa shape index (κ2) is 13.6. The van der Waals surface area contributed by atoms with Gasteiger partial charge in [-0.25, -0.2) is 0 Å². The zero-order chi connectivity index (χ0) is 23.6. The number of hydrogen-bond acceptors (Lipinski definition) is 7. The molecule has 9 heteroatoms. The summed E-state index contributed by atoms with van der Waals surface area (Å²) in [6.45, 7) is 0.731. The number of rotatable bonds is 11. The summed E-state index contributed by atoms with van der Waals surface area (Å²) in [5.74, 6) is 1.16. The molecule has 5 nitrogen and oxygen atoms in total. The van der Waals surface area contributed by atoms with Gasteiger partial charge in [0.25, 0.3) is 0 Å². The van der Waals surface area contributed by atoms with Crippen LogP contribution in [0, 0.1) is 10.8 Å². The van der Waals surface area contributed by atoms with Crippen LogP contribution in [0.4, 0.5) is 11.4 Å². The van der Waals surface area contributed by atoms with Crippen molar-refractivity contribution in [2.75, 3.05) is 24.7 Å². The number of nitrogens with one attached hydrogen (secondary N) is 1. The number of hydrogen-bond donors (Lipinski definition) is 1. The Morgan fingerprint density at radius 1 is 1.12 bits per heavy atom. The predicted octanol–water partition coefficient (Wildman–Crippen LogP) is 7.79. The van der Waals surface area contributed by atoms with Gasteiger partial charge >= 0.3 is 0 Å². The van der Waals surface area contributed by atoms with Crippen molar-refractivity contribution in [1.29, 1.82) is 0 Å². The maximum atomic E-state index is 12.7. The first-order valence-corrected chi connectivity index (χ1v) is 13.7. The molecule has 178 valence electrons. The molecular weight excluding hydrogens is 497 g/mol. The fourth-order valence-corrected chi connectivity index (χ4v) is 6.33. The van der Waals surface area contributed by atoms with Gasteiger partial charge in [0.15, 0.2) is 5.12 Å². The standard InChI is InChI=1S/C24H29Cl2N3O2S2/c1-29(24(33-28-31)17-8-3-2-4-9-17)14-15-32-22(30)16-18-10-5-6-13-21(18)27-23-19(25)11-7-12-20(23)26/h5-7,10-13,17,24,27H,2-4,8-9,14-16H2,1H3. The summed E-state index contributed by atoms with van der Waals surface area (Å²) < 4.78 is 3.11. The normalized spacial score (nSPS) is 15.4. The van der Waals surface area contributed by atoms with Gasteiger partial charge in [0, 0.05) is 40.9 Å². The maximum absolute atomic E-state index is 12.7. The minimum Gasteiger partial charge on any atom is -0.353 e. The largest absolute Gasteiger partial charge is 0.353 e. The quantitative estimate of drug-likeness (QED) is 0.183. The molecule has 1 fully saturated rings. The Labute approximate surface area is 214 Å². The highest BCUT2D eigenvalue weighted by Crippen LogP contribution is 2.35. The van der Waals surface area contributed by atoms with E-state index >= 15 is 0 Å². The van der Waals surface area contributed by atoms with E-state index in [0.29, 0.717) is 33.8 Å². The summed E-state index contributed by atoms with van der Waals surface area (Å²) >= 11 is 15.0. The molecule has 1 aliphatic rings. The Bertz CT molecular complexity index is 921. The Balaban J connectivity index is 1.54. The molecule has 2 aromatic rings. The molecule has 0 aliphatic heterocycles. The molecule has 0 aromatic heterocycles. The number of thioether (sulfide) groups is 1. The summed E-state index contributed by atoms with van der Waals surface area (Å²) in [5, 5.41) is 4.51. The van der Waals surface area contributed by atoms with Gasteiger partial charge in [-0.15, -0.1) is 4.91 Å². The molecule has 0 bridgehead atoms. The molecule has 1 saturated carbocycles. The van der Waals surface area contributed by atoms with Gasteiger partial charge in [-0.05, 0) is 49.6 Å². The smallest absolute Gasteiger partial charge is 0.193 e. The Hall–Kier alpha value is -1.25. The third-order valence-corrected chi connectivity index (χ3v) is 8.45. The van der Waals surface area contributed by atoms with Crippen molar-refractivity contribution in [3.63, 3.8) is 0 Å². The van der Waals surface area contributed by atoms with Crippen molar-refractivity contribution in [3.8, 4) is 0 Å². The zero-order valence-corrected chi connectivity index (χ0v) is 21.8. The number of halogens is 2.